The summed E-state index contributed by atoms with van der Waals surface area (Å²) in [6, 6.07) is 56.3. The molecule has 242 valence electrons. The molecule has 8 aromatic carbocycles. The Balaban J connectivity index is 1.14. The van der Waals surface area contributed by atoms with Crippen molar-refractivity contribution < 1.29 is 8.83 Å². The number of nitrogens with zero attached hydrogens (tertiary/aromatic N) is 3. The Bertz CT molecular complexity index is 3190. The van der Waals surface area contributed by atoms with Gasteiger partial charge in [0.25, 0.3) is 0 Å². The Morgan fingerprint density at radius 3 is 1.67 bits per heavy atom. The first kappa shape index (κ1) is 28.7. The molecule has 0 bridgehead atoms. The summed E-state index contributed by atoms with van der Waals surface area (Å²) in [5, 5.41) is 8.80. The van der Waals surface area contributed by atoms with E-state index in [9.17, 15) is 0 Å². The lowest BCUT2D eigenvalue weighted by molar-refractivity contribution is 0.669. The third-order valence-electron chi connectivity index (χ3n) is 10.1. The fourth-order valence-corrected chi connectivity index (χ4v) is 7.59. The fraction of sp³-hybridized carbons (Fsp3) is 0. The quantitative estimate of drug-likeness (QED) is 0.187. The minimum Gasteiger partial charge on any atom is -0.456 e. The largest absolute Gasteiger partial charge is 0.456 e. The molecule has 52 heavy (non-hydrogen) atoms. The third-order valence-corrected chi connectivity index (χ3v) is 10.1. The van der Waals surface area contributed by atoms with Gasteiger partial charge in [-0.05, 0) is 75.1 Å². The maximum atomic E-state index is 6.56. The molecule has 0 atom stereocenters. The van der Waals surface area contributed by atoms with E-state index in [1.165, 1.54) is 10.8 Å². The van der Waals surface area contributed by atoms with E-state index in [4.69, 9.17) is 23.8 Å². The highest BCUT2D eigenvalue weighted by atomic mass is 16.3. The highest BCUT2D eigenvalue weighted by Crippen LogP contribution is 2.43. The smallest absolute Gasteiger partial charge is 0.164 e. The molecule has 0 aliphatic heterocycles. The van der Waals surface area contributed by atoms with Gasteiger partial charge in [-0.3, -0.25) is 0 Å². The predicted octanol–water partition coefficient (Wildman–Crippen LogP) is 12.6. The van der Waals surface area contributed by atoms with Crippen LogP contribution in [0.5, 0.6) is 0 Å². The number of hydrogen-bond donors (Lipinski definition) is 0. The van der Waals surface area contributed by atoms with E-state index in [2.05, 4.69) is 115 Å². The molecule has 0 amide bonds. The summed E-state index contributed by atoms with van der Waals surface area (Å²) in [4.78, 5) is 15.3. The molecule has 5 heteroatoms. The van der Waals surface area contributed by atoms with Gasteiger partial charge in [0.15, 0.2) is 17.5 Å². The lowest BCUT2D eigenvalue weighted by Gasteiger charge is -2.10. The van der Waals surface area contributed by atoms with E-state index in [0.717, 1.165) is 82.5 Å². The van der Waals surface area contributed by atoms with Crippen LogP contribution in [-0.2, 0) is 0 Å². The summed E-state index contributed by atoms with van der Waals surface area (Å²) in [6.45, 7) is 0. The van der Waals surface area contributed by atoms with Crippen molar-refractivity contribution in [2.24, 2.45) is 0 Å². The summed E-state index contributed by atoms with van der Waals surface area (Å²) < 4.78 is 12.9. The number of rotatable bonds is 4. The maximum Gasteiger partial charge on any atom is 0.164 e. The second-order valence-electron chi connectivity index (χ2n) is 13.2. The average Bonchev–Trinajstić information content (AvgIpc) is 3.77. The second-order valence-corrected chi connectivity index (χ2v) is 13.2. The summed E-state index contributed by atoms with van der Waals surface area (Å²) >= 11 is 0. The highest BCUT2D eigenvalue weighted by molar-refractivity contribution is 6.18. The van der Waals surface area contributed by atoms with Gasteiger partial charge in [-0.2, -0.15) is 0 Å². The van der Waals surface area contributed by atoms with Gasteiger partial charge in [0.1, 0.15) is 22.3 Å². The third kappa shape index (κ3) is 4.53. The van der Waals surface area contributed by atoms with Crippen molar-refractivity contribution in [2.45, 2.75) is 0 Å². The summed E-state index contributed by atoms with van der Waals surface area (Å²) in [6.07, 6.45) is 0. The van der Waals surface area contributed by atoms with Gasteiger partial charge >= 0.3 is 0 Å². The first-order valence-corrected chi connectivity index (χ1v) is 17.3. The molecule has 3 aromatic heterocycles. The minimum absolute atomic E-state index is 0.586. The van der Waals surface area contributed by atoms with Gasteiger partial charge in [0.2, 0.25) is 0 Å². The van der Waals surface area contributed by atoms with Crippen LogP contribution >= 0.6 is 0 Å². The summed E-state index contributed by atoms with van der Waals surface area (Å²) in [5.41, 5.74) is 8.18. The predicted molar refractivity (Wildman–Crippen MR) is 211 cm³/mol. The molecular formula is C47H27N3O2. The van der Waals surface area contributed by atoms with Crippen molar-refractivity contribution in [3.8, 4) is 45.3 Å². The Morgan fingerprint density at radius 2 is 0.885 bits per heavy atom. The number of benzene rings is 8. The van der Waals surface area contributed by atoms with Crippen LogP contribution in [-0.4, -0.2) is 15.0 Å². The molecule has 0 spiro atoms. The number of aromatic nitrogens is 3. The van der Waals surface area contributed by atoms with Crippen molar-refractivity contribution in [2.75, 3.05) is 0 Å². The van der Waals surface area contributed by atoms with Gasteiger partial charge < -0.3 is 8.83 Å². The Kier molecular flexibility index (Phi) is 6.18. The molecule has 5 nitrogen and oxygen atoms in total. The Morgan fingerprint density at radius 1 is 0.308 bits per heavy atom. The molecule has 11 aromatic rings. The summed E-state index contributed by atoms with van der Waals surface area (Å²) in [7, 11) is 0. The van der Waals surface area contributed by atoms with Gasteiger partial charge in [0, 0.05) is 38.2 Å². The number of hydrogen-bond acceptors (Lipinski definition) is 5. The molecule has 11 rings (SSSR count). The molecular weight excluding hydrogens is 639 g/mol. The van der Waals surface area contributed by atoms with Gasteiger partial charge in [-0.25, -0.2) is 15.0 Å². The standard InChI is InChI=1S/C47H27N3O2/c1-2-11-29(12-3-1)45-48-46(34-21-20-28-10-4-5-13-30(28)24-34)50-47(49-45)36-17-9-19-41-44(36)43-35(16-8-18-40(43)52-41)33-22-23-39-37(26-33)38-25-31-14-6-7-15-32(31)27-42(38)51-39/h1-27H. The van der Waals surface area contributed by atoms with E-state index in [-0.39, 0.29) is 0 Å². The fourth-order valence-electron chi connectivity index (χ4n) is 7.59. The van der Waals surface area contributed by atoms with Crippen molar-refractivity contribution in [1.82, 2.24) is 15.0 Å². The van der Waals surface area contributed by atoms with Crippen LogP contribution in [0.4, 0.5) is 0 Å². The lowest BCUT2D eigenvalue weighted by Crippen LogP contribution is -2.00. The van der Waals surface area contributed by atoms with Crippen molar-refractivity contribution in [3.05, 3.63) is 164 Å². The van der Waals surface area contributed by atoms with Gasteiger partial charge in [-0.1, -0.05) is 121 Å². The second kappa shape index (κ2) is 11.2. The van der Waals surface area contributed by atoms with E-state index >= 15 is 0 Å². The van der Waals surface area contributed by atoms with Crippen LogP contribution in [0.1, 0.15) is 0 Å². The van der Waals surface area contributed by atoms with E-state index in [1.54, 1.807) is 0 Å². The SMILES string of the molecule is c1ccc(-c2nc(-c3ccc4ccccc4c3)nc(-c3cccc4oc5cccc(-c6ccc7oc8cc9ccccc9cc8c7c6)c5c34)n2)cc1. The molecule has 0 fully saturated rings. The first-order chi connectivity index (χ1) is 25.7. The molecule has 0 saturated carbocycles. The normalized spacial score (nSPS) is 11.8. The van der Waals surface area contributed by atoms with Crippen molar-refractivity contribution in [3.63, 3.8) is 0 Å². The monoisotopic (exact) mass is 665 g/mol. The minimum atomic E-state index is 0.586. The zero-order valence-corrected chi connectivity index (χ0v) is 27.7. The van der Waals surface area contributed by atoms with E-state index in [1.807, 2.05) is 48.5 Å². The van der Waals surface area contributed by atoms with Crippen LogP contribution in [0.25, 0.3) is 111 Å². The molecule has 3 heterocycles. The van der Waals surface area contributed by atoms with Crippen LogP contribution in [0.2, 0.25) is 0 Å². The van der Waals surface area contributed by atoms with Gasteiger partial charge in [0.05, 0.1) is 0 Å². The topological polar surface area (TPSA) is 65.0 Å². The summed E-state index contributed by atoms with van der Waals surface area (Å²) in [5.74, 6) is 1.82. The lowest BCUT2D eigenvalue weighted by atomic mass is 9.96. The Hall–Kier alpha value is -7.11. The van der Waals surface area contributed by atoms with E-state index < -0.39 is 0 Å². The molecule has 0 radical (unpaired) electrons. The molecule has 0 aliphatic rings. The highest BCUT2D eigenvalue weighted by Gasteiger charge is 2.21. The van der Waals surface area contributed by atoms with Crippen LogP contribution in [0.15, 0.2) is 173 Å². The van der Waals surface area contributed by atoms with Crippen molar-refractivity contribution >= 4 is 65.4 Å². The van der Waals surface area contributed by atoms with Crippen LogP contribution in [0.3, 0.4) is 0 Å². The van der Waals surface area contributed by atoms with Crippen LogP contribution < -0.4 is 0 Å². The molecule has 0 unspecified atom stereocenters. The molecule has 0 N–H and O–H groups in total. The Labute approximate surface area is 297 Å². The zero-order chi connectivity index (χ0) is 34.2. The average molecular weight is 666 g/mol. The zero-order valence-electron chi connectivity index (χ0n) is 27.7. The first-order valence-electron chi connectivity index (χ1n) is 17.3. The number of fused-ring (bicyclic) bond motifs is 8. The van der Waals surface area contributed by atoms with Crippen molar-refractivity contribution in [1.29, 1.82) is 0 Å². The van der Waals surface area contributed by atoms with Crippen LogP contribution in [0, 0.1) is 0 Å². The maximum absolute atomic E-state index is 6.56. The molecule has 0 saturated heterocycles. The van der Waals surface area contributed by atoms with Gasteiger partial charge in [-0.15, -0.1) is 0 Å². The number of furan rings is 2. The molecule has 0 aliphatic carbocycles. The van der Waals surface area contributed by atoms with E-state index in [0.29, 0.717) is 17.5 Å².